The third-order valence-electron chi connectivity index (χ3n) is 6.04. The number of anilines is 1. The molecule has 1 amide bonds. The lowest BCUT2D eigenvalue weighted by atomic mass is 9.91. The lowest BCUT2D eigenvalue weighted by Gasteiger charge is -2.38. The van der Waals surface area contributed by atoms with Crippen molar-refractivity contribution in [2.45, 2.75) is 19.4 Å². The van der Waals surface area contributed by atoms with Gasteiger partial charge in [0.15, 0.2) is 23.1 Å². The Bertz CT molecular complexity index is 1470. The van der Waals surface area contributed by atoms with Gasteiger partial charge in [-0.05, 0) is 48.2 Å². The van der Waals surface area contributed by atoms with Crippen molar-refractivity contribution in [1.82, 2.24) is 19.9 Å². The van der Waals surface area contributed by atoms with E-state index in [9.17, 15) is 22.8 Å². The maximum atomic E-state index is 13.6. The average molecular weight is 512 g/mol. The van der Waals surface area contributed by atoms with Crippen molar-refractivity contribution in [3.05, 3.63) is 82.4 Å². The number of thiophene rings is 1. The topological polar surface area (TPSA) is 88.1 Å². The minimum absolute atomic E-state index is 0.0895. The number of hydrogen-bond acceptors (Lipinski definition) is 7. The van der Waals surface area contributed by atoms with Gasteiger partial charge in [0.2, 0.25) is 5.95 Å². The van der Waals surface area contributed by atoms with Crippen LogP contribution in [0.3, 0.4) is 0 Å². The molecule has 0 saturated carbocycles. The van der Waals surface area contributed by atoms with Gasteiger partial charge in [-0.2, -0.15) is 0 Å². The summed E-state index contributed by atoms with van der Waals surface area (Å²) >= 11 is 1.35. The normalized spacial score (nSPS) is 14.5. The smallest absolute Gasteiger partial charge is 0.274 e. The molecule has 0 aliphatic carbocycles. The largest absolute Gasteiger partial charge is 0.348 e. The number of rotatable bonds is 7. The molecule has 0 spiro atoms. The maximum absolute atomic E-state index is 13.6. The molecule has 0 bridgehead atoms. The summed E-state index contributed by atoms with van der Waals surface area (Å²) < 4.78 is 40.8. The summed E-state index contributed by atoms with van der Waals surface area (Å²) in [4.78, 5) is 40.1. The first-order valence-electron chi connectivity index (χ1n) is 11.2. The second-order valence-corrected chi connectivity index (χ2v) is 9.58. The van der Waals surface area contributed by atoms with Crippen LogP contribution in [0, 0.1) is 23.4 Å². The SMILES string of the molecule is C[C@H](Nc1nc(C(=O)N2CC(CC(=O)c3ccc(F)c(F)c3)C2)c2sccc2n1)c1cncc(F)c1. The Morgan fingerprint density at radius 2 is 1.92 bits per heavy atom. The van der Waals surface area contributed by atoms with Crippen molar-refractivity contribution in [1.29, 1.82) is 0 Å². The van der Waals surface area contributed by atoms with Crippen LogP contribution in [0.25, 0.3) is 10.2 Å². The molecule has 11 heteroatoms. The Balaban J connectivity index is 1.28. The Morgan fingerprint density at radius 3 is 2.67 bits per heavy atom. The molecule has 1 aliphatic rings. The van der Waals surface area contributed by atoms with Crippen molar-refractivity contribution in [3.63, 3.8) is 0 Å². The number of carbonyl (C=O) groups is 2. The molecule has 1 atom stereocenters. The zero-order chi connectivity index (χ0) is 25.4. The predicted octanol–water partition coefficient (Wildman–Crippen LogP) is 5.02. The number of nitrogens with zero attached hydrogens (tertiary/aromatic N) is 4. The highest BCUT2D eigenvalue weighted by molar-refractivity contribution is 7.17. The minimum atomic E-state index is -1.07. The average Bonchev–Trinajstić information content (AvgIpc) is 3.30. The van der Waals surface area contributed by atoms with Gasteiger partial charge in [-0.25, -0.2) is 23.1 Å². The number of fused-ring (bicyclic) bond motifs is 1. The van der Waals surface area contributed by atoms with Crippen molar-refractivity contribution >= 4 is 39.2 Å². The Labute approximate surface area is 208 Å². The van der Waals surface area contributed by atoms with E-state index in [2.05, 4.69) is 20.3 Å². The van der Waals surface area contributed by atoms with Crippen molar-refractivity contribution in [2.24, 2.45) is 5.92 Å². The fourth-order valence-corrected chi connectivity index (χ4v) is 4.89. The quantitative estimate of drug-likeness (QED) is 0.351. The van der Waals surface area contributed by atoms with Crippen LogP contribution >= 0.6 is 11.3 Å². The van der Waals surface area contributed by atoms with Gasteiger partial charge in [-0.1, -0.05) is 0 Å². The summed E-state index contributed by atoms with van der Waals surface area (Å²) in [5.74, 6) is -2.98. The standard InChI is InChI=1S/C25H20F3N5O2S/c1-13(16-7-17(26)10-29-9-16)30-25-31-20-4-5-36-23(20)22(32-25)24(35)33-11-14(12-33)6-21(34)15-2-3-18(27)19(28)8-15/h2-5,7-10,13-14H,6,11-12H2,1H3,(H,30,31,32)/t13-/m0/s1. The highest BCUT2D eigenvalue weighted by Gasteiger charge is 2.34. The summed E-state index contributed by atoms with van der Waals surface area (Å²) in [5.41, 5.74) is 1.56. The highest BCUT2D eigenvalue weighted by Crippen LogP contribution is 2.29. The molecule has 1 fully saturated rings. The molecular weight excluding hydrogens is 491 g/mol. The predicted molar refractivity (Wildman–Crippen MR) is 128 cm³/mol. The number of amides is 1. The zero-order valence-electron chi connectivity index (χ0n) is 19.0. The third kappa shape index (κ3) is 4.78. The molecule has 1 aliphatic heterocycles. The second kappa shape index (κ2) is 9.65. The van der Waals surface area contributed by atoms with E-state index >= 15 is 0 Å². The summed E-state index contributed by atoms with van der Waals surface area (Å²) in [5, 5.41) is 4.92. The molecule has 36 heavy (non-hydrogen) atoms. The van der Waals surface area contributed by atoms with E-state index in [4.69, 9.17) is 0 Å². The molecule has 4 aromatic rings. The first kappa shape index (κ1) is 23.9. The lowest BCUT2D eigenvalue weighted by Crippen LogP contribution is -2.50. The van der Waals surface area contributed by atoms with E-state index in [1.54, 1.807) is 11.0 Å². The fraction of sp³-hybridized carbons (Fsp3) is 0.240. The van der Waals surface area contributed by atoms with Gasteiger partial charge in [-0.15, -0.1) is 11.3 Å². The number of halogens is 3. The molecule has 1 aromatic carbocycles. The van der Waals surface area contributed by atoms with E-state index in [1.165, 1.54) is 29.7 Å². The Morgan fingerprint density at radius 1 is 1.11 bits per heavy atom. The maximum Gasteiger partial charge on any atom is 0.274 e. The van der Waals surface area contributed by atoms with Crippen LogP contribution < -0.4 is 5.32 Å². The van der Waals surface area contributed by atoms with Gasteiger partial charge >= 0.3 is 0 Å². The molecule has 1 saturated heterocycles. The van der Waals surface area contributed by atoms with Crippen LogP contribution in [-0.2, 0) is 0 Å². The minimum Gasteiger partial charge on any atom is -0.348 e. The number of likely N-dealkylation sites (tertiary alicyclic amines) is 1. The fourth-order valence-electron chi connectivity index (χ4n) is 4.08. The van der Waals surface area contributed by atoms with Crippen LogP contribution in [0.2, 0.25) is 0 Å². The number of ketones is 1. The third-order valence-corrected chi connectivity index (χ3v) is 6.95. The molecule has 0 radical (unpaired) electrons. The molecule has 0 unspecified atom stereocenters. The summed E-state index contributed by atoms with van der Waals surface area (Å²) in [7, 11) is 0. The van der Waals surface area contributed by atoms with Gasteiger partial charge in [0.05, 0.1) is 22.5 Å². The molecule has 7 nitrogen and oxygen atoms in total. The first-order chi connectivity index (χ1) is 17.3. The number of pyridine rings is 1. The van der Waals surface area contributed by atoms with Gasteiger partial charge in [0, 0.05) is 37.2 Å². The summed E-state index contributed by atoms with van der Waals surface area (Å²) in [6.45, 7) is 2.50. The lowest BCUT2D eigenvalue weighted by molar-refractivity contribution is 0.0466. The molecule has 184 valence electrons. The van der Waals surface area contributed by atoms with E-state index in [-0.39, 0.29) is 47.3 Å². The van der Waals surface area contributed by atoms with Crippen LogP contribution in [0.4, 0.5) is 19.1 Å². The van der Waals surface area contributed by atoms with Gasteiger partial charge in [0.1, 0.15) is 5.82 Å². The zero-order valence-corrected chi connectivity index (χ0v) is 19.9. The highest BCUT2D eigenvalue weighted by atomic mass is 32.1. The second-order valence-electron chi connectivity index (χ2n) is 8.67. The number of Topliss-reactive ketones (excluding diaryl/α,β-unsaturated/α-hetero) is 1. The molecular formula is C25H20F3N5O2S. The number of aromatic nitrogens is 3. The van der Waals surface area contributed by atoms with Crippen LogP contribution in [0.15, 0.2) is 48.1 Å². The van der Waals surface area contributed by atoms with Crippen LogP contribution in [-0.4, -0.2) is 44.6 Å². The Kier molecular flexibility index (Phi) is 6.40. The molecule has 3 aromatic heterocycles. The van der Waals surface area contributed by atoms with Crippen LogP contribution in [0.1, 0.15) is 45.8 Å². The van der Waals surface area contributed by atoms with E-state index in [1.807, 2.05) is 12.3 Å². The van der Waals surface area contributed by atoms with Crippen molar-refractivity contribution < 1.29 is 22.8 Å². The van der Waals surface area contributed by atoms with Gasteiger partial charge in [-0.3, -0.25) is 14.6 Å². The van der Waals surface area contributed by atoms with Crippen LogP contribution in [0.5, 0.6) is 0 Å². The summed E-state index contributed by atoms with van der Waals surface area (Å²) in [6, 6.07) is 5.87. The van der Waals surface area contributed by atoms with E-state index < -0.39 is 17.5 Å². The number of nitrogens with one attached hydrogen (secondary N) is 1. The van der Waals surface area contributed by atoms with Crippen molar-refractivity contribution in [3.8, 4) is 0 Å². The van der Waals surface area contributed by atoms with Crippen molar-refractivity contribution in [2.75, 3.05) is 18.4 Å². The summed E-state index contributed by atoms with van der Waals surface area (Å²) in [6.07, 6.45) is 2.78. The number of hydrogen-bond donors (Lipinski definition) is 1. The molecule has 5 rings (SSSR count). The Hall–Kier alpha value is -3.86. The molecule has 1 N–H and O–H groups in total. The monoisotopic (exact) mass is 511 g/mol. The van der Waals surface area contributed by atoms with E-state index in [0.29, 0.717) is 28.9 Å². The first-order valence-corrected chi connectivity index (χ1v) is 12.1. The number of benzene rings is 1. The van der Waals surface area contributed by atoms with E-state index in [0.717, 1.165) is 18.3 Å². The van der Waals surface area contributed by atoms with Gasteiger partial charge in [0.25, 0.3) is 5.91 Å². The number of carbonyl (C=O) groups excluding carboxylic acids is 2. The van der Waals surface area contributed by atoms with Gasteiger partial charge < -0.3 is 10.2 Å². The molecule has 4 heterocycles.